The van der Waals surface area contributed by atoms with Crippen molar-refractivity contribution in [2.75, 3.05) is 6.61 Å². The number of aryl methyl sites for hydroxylation is 1. The number of rotatable bonds is 3. The molecule has 68 valence electrons. The maximum atomic E-state index is 11.2. The molecule has 0 fully saturated rings. The highest BCUT2D eigenvalue weighted by Crippen LogP contribution is 2.01. The number of H-pyrrole nitrogens is 1. The van der Waals surface area contributed by atoms with Crippen molar-refractivity contribution in [2.24, 2.45) is 0 Å². The Kier molecular flexibility index (Phi) is 3.06. The molecule has 5 heteroatoms. The molecule has 5 nitrogen and oxygen atoms in total. The molecule has 1 aromatic rings. The number of hydrogen-bond donors (Lipinski definition) is 2. The summed E-state index contributed by atoms with van der Waals surface area (Å²) in [6, 6.07) is 0. The Balaban J connectivity index is 2.50. The third kappa shape index (κ3) is 2.32. The molecule has 0 radical (unpaired) electrons. The van der Waals surface area contributed by atoms with Crippen molar-refractivity contribution >= 4 is 5.91 Å². The van der Waals surface area contributed by atoms with Crippen LogP contribution in [0.1, 0.15) is 16.1 Å². The molecule has 0 aliphatic heterocycles. The predicted molar refractivity (Wildman–Crippen MR) is 45.6 cm³/mol. The van der Waals surface area contributed by atoms with Crippen molar-refractivity contribution in [1.29, 1.82) is 0 Å². The van der Waals surface area contributed by atoms with Gasteiger partial charge in [0.1, 0.15) is 6.61 Å². The summed E-state index contributed by atoms with van der Waals surface area (Å²) < 4.78 is 0. The number of carbonyl (C=O) groups excluding carboxylic acids is 1. The van der Waals surface area contributed by atoms with Gasteiger partial charge < -0.3 is 0 Å². The number of nitrogens with zero attached hydrogens (tertiary/aromatic N) is 1. The zero-order chi connectivity index (χ0) is 9.68. The Bertz CT molecular complexity index is 337. The molecule has 13 heavy (non-hydrogen) atoms. The molecule has 1 aromatic heterocycles. The number of aromatic nitrogens is 2. The third-order valence-corrected chi connectivity index (χ3v) is 1.39. The molecule has 1 amide bonds. The summed E-state index contributed by atoms with van der Waals surface area (Å²) in [7, 11) is 0. The fourth-order valence-corrected chi connectivity index (χ4v) is 0.778. The minimum absolute atomic E-state index is 0.0443. The van der Waals surface area contributed by atoms with Gasteiger partial charge in [0.2, 0.25) is 0 Å². The lowest BCUT2D eigenvalue weighted by molar-refractivity contribution is 0.0437. The number of nitrogens with one attached hydrogen (secondary N) is 2. The Labute approximate surface area is 75.4 Å². The highest BCUT2D eigenvalue weighted by atomic mass is 16.6. The lowest BCUT2D eigenvalue weighted by atomic mass is 10.2. The maximum absolute atomic E-state index is 11.2. The molecule has 0 unspecified atom stereocenters. The first-order valence-corrected chi connectivity index (χ1v) is 3.61. The molecule has 0 bridgehead atoms. The van der Waals surface area contributed by atoms with Crippen molar-refractivity contribution in [1.82, 2.24) is 15.7 Å². The first kappa shape index (κ1) is 9.29. The number of hydrogen-bond acceptors (Lipinski definition) is 3. The average Bonchev–Trinajstić information content (AvgIpc) is 2.52. The molecule has 0 spiro atoms. The number of amides is 1. The van der Waals surface area contributed by atoms with Gasteiger partial charge in [-0.1, -0.05) is 5.92 Å². The van der Waals surface area contributed by atoms with Gasteiger partial charge in [-0.15, -0.1) is 6.42 Å². The first-order valence-electron chi connectivity index (χ1n) is 3.61. The maximum Gasteiger partial charge on any atom is 0.278 e. The van der Waals surface area contributed by atoms with Crippen LogP contribution in [0.25, 0.3) is 0 Å². The lowest BCUT2D eigenvalue weighted by Gasteiger charge is -2.00. The molecular weight excluding hydrogens is 170 g/mol. The van der Waals surface area contributed by atoms with Crippen LogP contribution in [0, 0.1) is 19.3 Å². The minimum atomic E-state index is -0.360. The van der Waals surface area contributed by atoms with Crippen LogP contribution in [0.5, 0.6) is 0 Å². The minimum Gasteiger partial charge on any atom is -0.282 e. The van der Waals surface area contributed by atoms with Gasteiger partial charge in [0.25, 0.3) is 5.91 Å². The van der Waals surface area contributed by atoms with E-state index in [4.69, 9.17) is 6.42 Å². The van der Waals surface area contributed by atoms with Crippen LogP contribution in [-0.2, 0) is 4.84 Å². The van der Waals surface area contributed by atoms with Crippen LogP contribution < -0.4 is 5.48 Å². The molecular formula is C8H9N3O2. The topological polar surface area (TPSA) is 67.0 Å². The van der Waals surface area contributed by atoms with E-state index in [0.717, 1.165) is 0 Å². The van der Waals surface area contributed by atoms with E-state index in [0.29, 0.717) is 11.3 Å². The summed E-state index contributed by atoms with van der Waals surface area (Å²) >= 11 is 0. The SMILES string of the molecule is C#CCONC(=O)c1cn[nH]c1C. The van der Waals surface area contributed by atoms with Crippen LogP contribution in [0.4, 0.5) is 0 Å². The quantitative estimate of drug-likeness (QED) is 0.390. The highest BCUT2D eigenvalue weighted by molar-refractivity contribution is 5.94. The summed E-state index contributed by atoms with van der Waals surface area (Å²) in [5.74, 6) is 1.86. The van der Waals surface area contributed by atoms with E-state index in [1.165, 1.54) is 6.20 Å². The molecule has 2 N–H and O–H groups in total. The van der Waals surface area contributed by atoms with E-state index in [2.05, 4.69) is 26.4 Å². The second kappa shape index (κ2) is 4.28. The monoisotopic (exact) mass is 179 g/mol. The van der Waals surface area contributed by atoms with Crippen LogP contribution >= 0.6 is 0 Å². The second-order valence-corrected chi connectivity index (χ2v) is 2.33. The van der Waals surface area contributed by atoms with Gasteiger partial charge in [0, 0.05) is 5.69 Å². The van der Waals surface area contributed by atoms with E-state index in [1.807, 2.05) is 0 Å². The zero-order valence-corrected chi connectivity index (χ0v) is 7.13. The van der Waals surface area contributed by atoms with Crippen molar-refractivity contribution in [3.63, 3.8) is 0 Å². The molecule has 0 saturated heterocycles. The summed E-state index contributed by atoms with van der Waals surface area (Å²) in [6.07, 6.45) is 6.34. The van der Waals surface area contributed by atoms with Gasteiger partial charge in [-0.2, -0.15) is 5.10 Å². The summed E-state index contributed by atoms with van der Waals surface area (Å²) in [5, 5.41) is 6.32. The molecule has 0 aromatic carbocycles. The largest absolute Gasteiger partial charge is 0.282 e. The summed E-state index contributed by atoms with van der Waals surface area (Å²) in [6.45, 7) is 1.78. The van der Waals surface area contributed by atoms with Gasteiger partial charge >= 0.3 is 0 Å². The molecule has 0 aliphatic carbocycles. The molecule has 1 heterocycles. The van der Waals surface area contributed by atoms with Gasteiger partial charge in [0.05, 0.1) is 11.8 Å². The van der Waals surface area contributed by atoms with E-state index in [9.17, 15) is 4.79 Å². The summed E-state index contributed by atoms with van der Waals surface area (Å²) in [5.41, 5.74) is 3.31. The van der Waals surface area contributed by atoms with E-state index >= 15 is 0 Å². The van der Waals surface area contributed by atoms with E-state index < -0.39 is 0 Å². The Hall–Kier alpha value is -1.80. The molecule has 0 aliphatic rings. The Morgan fingerprint density at radius 3 is 3.23 bits per heavy atom. The fraction of sp³-hybridized carbons (Fsp3) is 0.250. The van der Waals surface area contributed by atoms with Crippen LogP contribution in [-0.4, -0.2) is 22.7 Å². The van der Waals surface area contributed by atoms with Crippen molar-refractivity contribution in [3.8, 4) is 12.3 Å². The van der Waals surface area contributed by atoms with Crippen LogP contribution in [0.3, 0.4) is 0 Å². The first-order chi connectivity index (χ1) is 6.25. The van der Waals surface area contributed by atoms with Crippen molar-refractivity contribution in [3.05, 3.63) is 17.5 Å². The lowest BCUT2D eigenvalue weighted by Crippen LogP contribution is -2.24. The summed E-state index contributed by atoms with van der Waals surface area (Å²) in [4.78, 5) is 15.9. The highest BCUT2D eigenvalue weighted by Gasteiger charge is 2.09. The van der Waals surface area contributed by atoms with Crippen LogP contribution in [0.2, 0.25) is 0 Å². The molecule has 0 saturated carbocycles. The normalized spacial score (nSPS) is 9.23. The average molecular weight is 179 g/mol. The van der Waals surface area contributed by atoms with E-state index in [-0.39, 0.29) is 12.5 Å². The number of terminal acetylenes is 1. The van der Waals surface area contributed by atoms with Gasteiger partial charge in [-0.3, -0.25) is 14.7 Å². The predicted octanol–water partition coefficient (Wildman–Crippen LogP) is 0.0127. The zero-order valence-electron chi connectivity index (χ0n) is 7.13. The number of aromatic amines is 1. The Morgan fingerprint density at radius 1 is 1.92 bits per heavy atom. The van der Waals surface area contributed by atoms with E-state index in [1.54, 1.807) is 6.92 Å². The fourth-order valence-electron chi connectivity index (χ4n) is 0.778. The second-order valence-electron chi connectivity index (χ2n) is 2.33. The standard InChI is InChI=1S/C8H9N3O2/c1-3-4-13-11-8(12)7-5-9-10-6(7)2/h1,5H,4H2,2H3,(H,9,10)(H,11,12). The third-order valence-electron chi connectivity index (χ3n) is 1.39. The van der Waals surface area contributed by atoms with Crippen molar-refractivity contribution in [2.45, 2.75) is 6.92 Å². The van der Waals surface area contributed by atoms with Crippen molar-refractivity contribution < 1.29 is 9.63 Å². The van der Waals surface area contributed by atoms with Gasteiger partial charge in [0.15, 0.2) is 0 Å². The van der Waals surface area contributed by atoms with Crippen LogP contribution in [0.15, 0.2) is 6.20 Å². The van der Waals surface area contributed by atoms with Gasteiger partial charge in [-0.05, 0) is 6.92 Å². The Morgan fingerprint density at radius 2 is 2.69 bits per heavy atom. The van der Waals surface area contributed by atoms with Gasteiger partial charge in [-0.25, -0.2) is 5.48 Å². The molecule has 0 atom stereocenters. The number of carbonyl (C=O) groups is 1. The molecule has 1 rings (SSSR count). The number of hydroxylamine groups is 1. The smallest absolute Gasteiger partial charge is 0.278 e.